The molecule has 22 heavy (non-hydrogen) atoms. The lowest BCUT2D eigenvalue weighted by molar-refractivity contribution is -0.214. The number of ketones is 1. The van der Waals surface area contributed by atoms with E-state index in [1.165, 1.54) is 6.42 Å². The molecule has 0 aromatic carbocycles. The van der Waals surface area contributed by atoms with Crippen molar-refractivity contribution in [1.29, 1.82) is 0 Å². The largest absolute Gasteiger partial charge is 0.456 e. The molecule has 1 heterocycles. The van der Waals surface area contributed by atoms with E-state index in [9.17, 15) is 9.59 Å². The average Bonchev–Trinajstić information content (AvgIpc) is 2.90. The third-order valence-electron chi connectivity index (χ3n) is 6.10. The van der Waals surface area contributed by atoms with Crippen LogP contribution in [0.1, 0.15) is 65.2 Å². The summed E-state index contributed by atoms with van der Waals surface area (Å²) in [4.78, 5) is 25.0. The monoisotopic (exact) mass is 304 g/mol. The maximum atomic E-state index is 12.6. The summed E-state index contributed by atoms with van der Waals surface area (Å²) in [7, 11) is 0. The first-order valence-electron chi connectivity index (χ1n) is 8.62. The highest BCUT2D eigenvalue weighted by Crippen LogP contribution is 2.61. The molecule has 4 nitrogen and oxygen atoms in total. The molecule has 0 aromatic heterocycles. The van der Waals surface area contributed by atoms with Gasteiger partial charge in [-0.3, -0.25) is 4.79 Å². The number of carbonyl (C=O) groups is 2. The number of rotatable bonds is 0. The minimum absolute atomic E-state index is 0.0594. The number of ether oxygens (including phenoxy) is 2. The third-order valence-corrected chi connectivity index (χ3v) is 6.10. The quantitative estimate of drug-likeness (QED) is 0.643. The smallest absolute Gasteiger partial charge is 0.340 e. The van der Waals surface area contributed by atoms with E-state index >= 15 is 0 Å². The van der Waals surface area contributed by atoms with Crippen molar-refractivity contribution in [3.05, 3.63) is 11.3 Å². The van der Waals surface area contributed by atoms with Gasteiger partial charge in [0.1, 0.15) is 11.5 Å². The number of esters is 1. The van der Waals surface area contributed by atoms with Crippen molar-refractivity contribution in [2.45, 2.75) is 71.0 Å². The number of Topliss-reactive ketones (excluding diaryl/α,β-unsaturated/α-hetero) is 1. The first-order valence-corrected chi connectivity index (χ1v) is 8.62. The van der Waals surface area contributed by atoms with Gasteiger partial charge in [-0.1, -0.05) is 12.8 Å². The van der Waals surface area contributed by atoms with Gasteiger partial charge in [-0.15, -0.1) is 0 Å². The lowest BCUT2D eigenvalue weighted by Gasteiger charge is -2.42. The molecule has 0 N–H and O–H groups in total. The molecule has 0 bridgehead atoms. The highest BCUT2D eigenvalue weighted by Gasteiger charge is 2.59. The Morgan fingerprint density at radius 2 is 1.82 bits per heavy atom. The van der Waals surface area contributed by atoms with Crippen LogP contribution in [0.5, 0.6) is 0 Å². The van der Waals surface area contributed by atoms with Crippen LogP contribution in [0.4, 0.5) is 0 Å². The second kappa shape index (κ2) is 4.59. The molecular formula is C18H24O4. The number of hydrogen-bond acceptors (Lipinski definition) is 4. The van der Waals surface area contributed by atoms with Crippen LogP contribution in [0.25, 0.3) is 0 Å². The summed E-state index contributed by atoms with van der Waals surface area (Å²) in [6.07, 6.45) is 7.71. The van der Waals surface area contributed by atoms with Crippen LogP contribution in [-0.4, -0.2) is 17.5 Å². The Bertz CT molecular complexity index is 574. The van der Waals surface area contributed by atoms with Gasteiger partial charge in [0.25, 0.3) is 0 Å². The summed E-state index contributed by atoms with van der Waals surface area (Å²) in [6.45, 7) is 3.57. The molecule has 1 aliphatic heterocycles. The van der Waals surface area contributed by atoms with Crippen LogP contribution in [-0.2, 0) is 19.1 Å². The Balaban J connectivity index is 1.82. The van der Waals surface area contributed by atoms with Crippen molar-refractivity contribution in [1.82, 2.24) is 0 Å². The molecule has 4 heteroatoms. The molecule has 2 fully saturated rings. The Morgan fingerprint density at radius 3 is 2.64 bits per heavy atom. The molecule has 2 saturated carbocycles. The van der Waals surface area contributed by atoms with Gasteiger partial charge in [-0.05, 0) is 38.0 Å². The standard InChI is InChI=1S/C18H24O4/c1-17(2)21-15-12(16(20)22-17)8-10-18(15)9-4-3-5-11-6-7-13(19)14(11)18/h11,14H,3-10H2,1-2H3/t11-,14+,18-/m0/s1. The van der Waals surface area contributed by atoms with Gasteiger partial charge in [0, 0.05) is 31.6 Å². The third kappa shape index (κ3) is 1.88. The van der Waals surface area contributed by atoms with E-state index in [2.05, 4.69) is 0 Å². The molecule has 0 aromatic rings. The number of carbonyl (C=O) groups excluding carboxylic acids is 2. The van der Waals surface area contributed by atoms with Crippen LogP contribution >= 0.6 is 0 Å². The van der Waals surface area contributed by atoms with Gasteiger partial charge in [0.05, 0.1) is 5.57 Å². The van der Waals surface area contributed by atoms with Crippen molar-refractivity contribution in [2.75, 3.05) is 0 Å². The van der Waals surface area contributed by atoms with E-state index < -0.39 is 5.79 Å². The molecule has 1 spiro atoms. The van der Waals surface area contributed by atoms with Crippen molar-refractivity contribution in [3.8, 4) is 0 Å². The molecule has 0 saturated heterocycles. The second-order valence-corrected chi connectivity index (χ2v) is 7.84. The molecule has 4 aliphatic rings. The Labute approximate surface area is 131 Å². The fourth-order valence-corrected chi connectivity index (χ4v) is 5.31. The molecule has 0 unspecified atom stereocenters. The van der Waals surface area contributed by atoms with Gasteiger partial charge in [-0.25, -0.2) is 4.79 Å². The van der Waals surface area contributed by atoms with E-state index in [4.69, 9.17) is 9.47 Å². The van der Waals surface area contributed by atoms with Crippen LogP contribution in [0.15, 0.2) is 11.3 Å². The Hall–Kier alpha value is -1.32. The van der Waals surface area contributed by atoms with Gasteiger partial charge in [0.2, 0.25) is 5.79 Å². The summed E-state index contributed by atoms with van der Waals surface area (Å²) in [5.41, 5.74) is 0.459. The van der Waals surface area contributed by atoms with Gasteiger partial charge in [0.15, 0.2) is 0 Å². The molecular weight excluding hydrogens is 280 g/mol. The Kier molecular flexibility index (Phi) is 2.98. The van der Waals surface area contributed by atoms with Gasteiger partial charge < -0.3 is 9.47 Å². The fraction of sp³-hybridized carbons (Fsp3) is 0.778. The lowest BCUT2D eigenvalue weighted by Crippen LogP contribution is -2.43. The molecule has 0 radical (unpaired) electrons. The number of hydrogen-bond donors (Lipinski definition) is 0. The first-order chi connectivity index (χ1) is 10.4. The zero-order valence-electron chi connectivity index (χ0n) is 13.4. The lowest BCUT2D eigenvalue weighted by atomic mass is 9.67. The minimum atomic E-state index is -0.920. The number of allylic oxidation sites excluding steroid dienone is 1. The van der Waals surface area contributed by atoms with Crippen molar-refractivity contribution < 1.29 is 19.1 Å². The normalized spacial score (nSPS) is 40.1. The summed E-state index contributed by atoms with van der Waals surface area (Å²) >= 11 is 0. The average molecular weight is 304 g/mol. The van der Waals surface area contributed by atoms with E-state index in [-0.39, 0.29) is 17.3 Å². The molecule has 3 aliphatic carbocycles. The van der Waals surface area contributed by atoms with E-state index in [1.54, 1.807) is 13.8 Å². The summed E-state index contributed by atoms with van der Waals surface area (Å²) < 4.78 is 11.5. The SMILES string of the molecule is CC1(C)OC(=O)C2=C(O1)[C@@]1(CCCC[C@H]3CCC(=O)[C@@H]31)CC2. The summed E-state index contributed by atoms with van der Waals surface area (Å²) in [6, 6.07) is 0. The van der Waals surface area contributed by atoms with E-state index in [1.807, 2.05) is 0 Å². The topological polar surface area (TPSA) is 52.6 Å². The van der Waals surface area contributed by atoms with Crippen molar-refractivity contribution >= 4 is 11.8 Å². The molecule has 120 valence electrons. The number of fused-ring (bicyclic) bond motifs is 3. The van der Waals surface area contributed by atoms with Crippen LogP contribution < -0.4 is 0 Å². The first kappa shape index (κ1) is 14.3. The fourth-order valence-electron chi connectivity index (χ4n) is 5.31. The second-order valence-electron chi connectivity index (χ2n) is 7.84. The zero-order valence-corrected chi connectivity index (χ0v) is 13.4. The molecule has 4 rings (SSSR count). The number of cyclic esters (lactones) is 1. The van der Waals surface area contributed by atoms with Crippen molar-refractivity contribution in [2.24, 2.45) is 17.3 Å². The highest BCUT2D eigenvalue weighted by molar-refractivity contribution is 5.92. The van der Waals surface area contributed by atoms with Crippen LogP contribution in [0, 0.1) is 17.3 Å². The predicted octanol–water partition coefficient (Wildman–Crippen LogP) is 3.50. The van der Waals surface area contributed by atoms with E-state index in [0.717, 1.165) is 37.9 Å². The highest BCUT2D eigenvalue weighted by atomic mass is 16.7. The molecule has 0 amide bonds. The molecule has 3 atom stereocenters. The minimum Gasteiger partial charge on any atom is -0.456 e. The van der Waals surface area contributed by atoms with Crippen molar-refractivity contribution in [3.63, 3.8) is 0 Å². The van der Waals surface area contributed by atoms with E-state index in [0.29, 0.717) is 30.1 Å². The van der Waals surface area contributed by atoms with Crippen LogP contribution in [0.2, 0.25) is 0 Å². The van der Waals surface area contributed by atoms with Gasteiger partial charge >= 0.3 is 5.97 Å². The predicted molar refractivity (Wildman–Crippen MR) is 79.6 cm³/mol. The maximum absolute atomic E-state index is 12.6. The summed E-state index contributed by atoms with van der Waals surface area (Å²) in [5.74, 6) is 0.573. The Morgan fingerprint density at radius 1 is 1.00 bits per heavy atom. The maximum Gasteiger partial charge on any atom is 0.340 e. The van der Waals surface area contributed by atoms with Crippen LogP contribution in [0.3, 0.4) is 0 Å². The summed E-state index contributed by atoms with van der Waals surface area (Å²) in [5, 5.41) is 0. The van der Waals surface area contributed by atoms with Gasteiger partial charge in [-0.2, -0.15) is 0 Å². The zero-order chi connectivity index (χ0) is 15.5.